The lowest BCUT2D eigenvalue weighted by Gasteiger charge is -2.43. The number of hydrogen-bond donors (Lipinski definition) is 1. The molecule has 28 heavy (non-hydrogen) atoms. The molecule has 2 aliphatic rings. The molecular weight excluding hydrogens is 374 g/mol. The second kappa shape index (κ2) is 7.72. The molecule has 148 valence electrons. The molecule has 2 unspecified atom stereocenters. The van der Waals surface area contributed by atoms with E-state index in [2.05, 4.69) is 0 Å². The van der Waals surface area contributed by atoms with Gasteiger partial charge in [0, 0.05) is 29.2 Å². The van der Waals surface area contributed by atoms with Crippen molar-refractivity contribution in [3.63, 3.8) is 0 Å². The number of nitrogens with zero attached hydrogens (tertiary/aromatic N) is 3. The highest BCUT2D eigenvalue weighted by Crippen LogP contribution is 2.43. The number of nitro groups is 2. The fourth-order valence-electron chi connectivity index (χ4n) is 3.56. The second-order valence-electron chi connectivity index (χ2n) is 6.54. The van der Waals surface area contributed by atoms with Crippen LogP contribution in [-0.2, 0) is 20.9 Å². The molecule has 1 N–H and O–H groups in total. The third-order valence-electron chi connectivity index (χ3n) is 4.85. The fraction of sp³-hybridized carbons (Fsp3) is 0.412. The molecule has 0 spiro atoms. The summed E-state index contributed by atoms with van der Waals surface area (Å²) in [6, 6.07) is 5.02. The lowest BCUT2D eigenvalue weighted by Crippen LogP contribution is -2.58. The Balaban J connectivity index is 1.73. The zero-order chi connectivity index (χ0) is 20.4. The van der Waals surface area contributed by atoms with Crippen LogP contribution in [0.2, 0.25) is 0 Å². The Bertz CT molecular complexity index is 864. The van der Waals surface area contributed by atoms with Gasteiger partial charge >= 0.3 is 5.97 Å². The van der Waals surface area contributed by atoms with Gasteiger partial charge in [0.25, 0.3) is 5.69 Å². The first-order valence-electron chi connectivity index (χ1n) is 8.51. The predicted molar refractivity (Wildman–Crippen MR) is 92.2 cm³/mol. The summed E-state index contributed by atoms with van der Waals surface area (Å²) in [5.41, 5.74) is 0.504. The van der Waals surface area contributed by atoms with E-state index < -0.39 is 28.3 Å². The number of amides is 1. The molecule has 1 fully saturated rings. The number of nitro benzene ring substituents is 1. The zero-order valence-corrected chi connectivity index (χ0v) is 14.6. The summed E-state index contributed by atoms with van der Waals surface area (Å²) < 4.78 is 5.19. The Morgan fingerprint density at radius 1 is 1.25 bits per heavy atom. The molecule has 11 heteroatoms. The minimum absolute atomic E-state index is 0.106. The highest BCUT2D eigenvalue weighted by atomic mass is 16.6. The summed E-state index contributed by atoms with van der Waals surface area (Å²) in [4.78, 5) is 46.5. The molecule has 0 saturated carbocycles. The van der Waals surface area contributed by atoms with Crippen LogP contribution in [-0.4, -0.2) is 50.9 Å². The van der Waals surface area contributed by atoms with Crippen LogP contribution in [0.4, 0.5) is 5.69 Å². The highest BCUT2D eigenvalue weighted by Gasteiger charge is 2.55. The fourth-order valence-corrected chi connectivity index (χ4v) is 3.56. The van der Waals surface area contributed by atoms with Crippen molar-refractivity contribution < 1.29 is 29.3 Å². The number of hydrogen-bond acceptors (Lipinski definition) is 8. The first-order chi connectivity index (χ1) is 13.3. The molecule has 2 atom stereocenters. The van der Waals surface area contributed by atoms with E-state index >= 15 is 0 Å². The second-order valence-corrected chi connectivity index (χ2v) is 6.54. The topological polar surface area (TPSA) is 153 Å². The van der Waals surface area contributed by atoms with Crippen molar-refractivity contribution in [1.29, 1.82) is 0 Å². The normalized spacial score (nSPS) is 20.6. The maximum atomic E-state index is 12.5. The lowest BCUT2D eigenvalue weighted by atomic mass is 9.84. The van der Waals surface area contributed by atoms with Crippen molar-refractivity contribution in [2.24, 2.45) is 5.92 Å². The van der Waals surface area contributed by atoms with Crippen molar-refractivity contribution in [2.45, 2.75) is 25.5 Å². The molecule has 1 aromatic carbocycles. The van der Waals surface area contributed by atoms with Crippen LogP contribution in [0, 0.1) is 26.1 Å². The maximum Gasteiger partial charge on any atom is 0.355 e. The SMILES string of the molecule is O=C(OCc1ccc([N+](=O)[O-])cc1)C1=C(C[N+](=O)[O-])CC2C(CCO)C(=O)N12. The molecule has 0 radical (unpaired) electrons. The number of benzene rings is 1. The maximum absolute atomic E-state index is 12.5. The molecular formula is C17H17N3O8. The van der Waals surface area contributed by atoms with Gasteiger partial charge in [-0.1, -0.05) is 0 Å². The van der Waals surface area contributed by atoms with E-state index in [9.17, 15) is 29.8 Å². The number of β-lactam (4-membered cyclic amide) rings is 1. The molecule has 0 bridgehead atoms. The van der Waals surface area contributed by atoms with E-state index in [1.807, 2.05) is 0 Å². The van der Waals surface area contributed by atoms with E-state index in [-0.39, 0.29) is 55.0 Å². The molecule has 1 saturated heterocycles. The number of aliphatic hydroxyl groups excluding tert-OH is 1. The molecule has 1 amide bonds. The quantitative estimate of drug-likeness (QED) is 0.295. The Morgan fingerprint density at radius 3 is 2.50 bits per heavy atom. The summed E-state index contributed by atoms with van der Waals surface area (Å²) in [5, 5.41) is 30.7. The Labute approximate surface area is 158 Å². The minimum atomic E-state index is -0.853. The van der Waals surface area contributed by atoms with Crippen molar-refractivity contribution in [3.8, 4) is 0 Å². The van der Waals surface area contributed by atoms with E-state index in [1.54, 1.807) is 0 Å². The molecule has 1 aromatic rings. The smallest absolute Gasteiger partial charge is 0.355 e. The Kier molecular flexibility index (Phi) is 5.36. The molecule has 0 aliphatic carbocycles. The summed E-state index contributed by atoms with van der Waals surface area (Å²) >= 11 is 0. The summed E-state index contributed by atoms with van der Waals surface area (Å²) in [6.45, 7) is -0.960. The number of fused-ring (bicyclic) bond motifs is 1. The van der Waals surface area contributed by atoms with Gasteiger partial charge in [-0.15, -0.1) is 0 Å². The van der Waals surface area contributed by atoms with Gasteiger partial charge in [0.1, 0.15) is 12.3 Å². The summed E-state index contributed by atoms with van der Waals surface area (Å²) in [7, 11) is 0. The third kappa shape index (κ3) is 3.56. The standard InChI is InChI=1S/C17H17N3O8/c21-6-5-13-14-7-11(8-18(24)25)15(19(14)16(13)22)17(23)28-9-10-1-3-12(4-2-10)20(26)27/h1-4,13-14,21H,5-9H2. The van der Waals surface area contributed by atoms with Crippen LogP contribution in [0.1, 0.15) is 18.4 Å². The number of ether oxygens (including phenoxy) is 1. The molecule has 0 aromatic heterocycles. The van der Waals surface area contributed by atoms with Crippen molar-refractivity contribution in [2.75, 3.05) is 13.2 Å². The van der Waals surface area contributed by atoms with Crippen molar-refractivity contribution >= 4 is 17.6 Å². The predicted octanol–water partition coefficient (Wildman–Crippen LogP) is 0.782. The number of carbonyl (C=O) groups is 2. The monoisotopic (exact) mass is 391 g/mol. The number of non-ortho nitro benzene ring substituents is 1. The van der Waals surface area contributed by atoms with Gasteiger partial charge in [-0.25, -0.2) is 4.79 Å². The third-order valence-corrected chi connectivity index (χ3v) is 4.85. The minimum Gasteiger partial charge on any atom is -0.456 e. The first kappa shape index (κ1) is 19.4. The van der Waals surface area contributed by atoms with Crippen LogP contribution >= 0.6 is 0 Å². The van der Waals surface area contributed by atoms with Gasteiger partial charge in [0.15, 0.2) is 0 Å². The largest absolute Gasteiger partial charge is 0.456 e. The van der Waals surface area contributed by atoms with Crippen LogP contribution in [0.15, 0.2) is 35.5 Å². The van der Waals surface area contributed by atoms with E-state index in [4.69, 9.17) is 9.84 Å². The van der Waals surface area contributed by atoms with Gasteiger partial charge in [-0.3, -0.25) is 25.0 Å². The highest BCUT2D eigenvalue weighted by molar-refractivity contribution is 6.00. The number of rotatable bonds is 8. The Hall–Kier alpha value is -3.34. The average molecular weight is 391 g/mol. The van der Waals surface area contributed by atoms with Gasteiger partial charge in [0.05, 0.1) is 16.9 Å². The molecule has 3 rings (SSSR count). The van der Waals surface area contributed by atoms with E-state index in [0.29, 0.717) is 5.56 Å². The van der Waals surface area contributed by atoms with Crippen molar-refractivity contribution in [3.05, 3.63) is 61.3 Å². The summed E-state index contributed by atoms with van der Waals surface area (Å²) in [5.74, 6) is -1.68. The first-order valence-corrected chi connectivity index (χ1v) is 8.51. The van der Waals surface area contributed by atoms with Crippen LogP contribution < -0.4 is 0 Å². The summed E-state index contributed by atoms with van der Waals surface area (Å²) in [6.07, 6.45) is 0.427. The molecule has 2 heterocycles. The van der Waals surface area contributed by atoms with E-state index in [0.717, 1.165) is 0 Å². The zero-order valence-electron chi connectivity index (χ0n) is 14.6. The van der Waals surface area contributed by atoms with Gasteiger partial charge in [0.2, 0.25) is 12.5 Å². The van der Waals surface area contributed by atoms with Crippen LogP contribution in [0.25, 0.3) is 0 Å². The van der Waals surface area contributed by atoms with Gasteiger partial charge in [-0.2, -0.15) is 0 Å². The van der Waals surface area contributed by atoms with Crippen molar-refractivity contribution in [1.82, 2.24) is 4.90 Å². The van der Waals surface area contributed by atoms with Crippen LogP contribution in [0.5, 0.6) is 0 Å². The van der Waals surface area contributed by atoms with Gasteiger partial charge < -0.3 is 14.7 Å². The Morgan fingerprint density at radius 2 is 1.93 bits per heavy atom. The van der Waals surface area contributed by atoms with E-state index in [1.165, 1.54) is 29.2 Å². The number of esters is 1. The molecule has 11 nitrogen and oxygen atoms in total. The lowest BCUT2D eigenvalue weighted by molar-refractivity contribution is -0.471. The van der Waals surface area contributed by atoms with Gasteiger partial charge in [-0.05, 0) is 30.5 Å². The van der Waals surface area contributed by atoms with Crippen LogP contribution in [0.3, 0.4) is 0 Å². The molecule has 2 aliphatic heterocycles. The number of carbonyl (C=O) groups excluding carboxylic acids is 2. The number of aliphatic hydroxyl groups is 1. The average Bonchev–Trinajstić information content (AvgIpc) is 2.98.